The van der Waals surface area contributed by atoms with E-state index in [1.165, 1.54) is 19.2 Å². The molecule has 0 bridgehead atoms. The summed E-state index contributed by atoms with van der Waals surface area (Å²) in [4.78, 5) is 10.4. The first-order valence-corrected chi connectivity index (χ1v) is 4.05. The Bertz CT molecular complexity index is 416. The van der Waals surface area contributed by atoms with Crippen LogP contribution in [0.5, 0.6) is 5.75 Å². The second-order valence-corrected chi connectivity index (χ2v) is 2.72. The second-order valence-electron chi connectivity index (χ2n) is 2.72. The molecule has 5 heteroatoms. The minimum Gasteiger partial charge on any atom is -0.494 e. The van der Waals surface area contributed by atoms with Gasteiger partial charge in [0.25, 0.3) is 0 Å². The van der Waals surface area contributed by atoms with Crippen molar-refractivity contribution in [3.8, 4) is 5.75 Å². The average molecular weight is 213 g/mol. The molecule has 0 saturated carbocycles. The highest BCUT2D eigenvalue weighted by Gasteiger charge is 2.11. The summed E-state index contributed by atoms with van der Waals surface area (Å²) in [5, 5.41) is 0. The fourth-order valence-electron chi connectivity index (χ4n) is 1.00. The molecule has 0 saturated heterocycles. The number of benzene rings is 1. The molecule has 0 fully saturated rings. The van der Waals surface area contributed by atoms with E-state index in [9.17, 15) is 13.6 Å². The number of ether oxygens (including phenoxy) is 1. The molecule has 1 aromatic carbocycles. The Labute approximate surface area is 85.1 Å². The van der Waals surface area contributed by atoms with Crippen molar-refractivity contribution in [1.29, 1.82) is 0 Å². The second kappa shape index (κ2) is 4.54. The molecule has 3 nitrogen and oxygen atoms in total. The van der Waals surface area contributed by atoms with Crippen molar-refractivity contribution in [2.45, 2.75) is 0 Å². The highest BCUT2D eigenvalue weighted by atomic mass is 19.2. The summed E-state index contributed by atoms with van der Waals surface area (Å²) in [7, 11) is 1.23. The summed E-state index contributed by atoms with van der Waals surface area (Å²) in [5.74, 6) is -3.09. The maximum Gasteiger partial charge on any atom is 0.241 e. The number of halogens is 2. The minimum absolute atomic E-state index is 0.0629. The van der Waals surface area contributed by atoms with Crippen molar-refractivity contribution < 1.29 is 18.3 Å². The zero-order valence-corrected chi connectivity index (χ0v) is 7.96. The molecular formula is C10H9F2NO2. The van der Waals surface area contributed by atoms with Crippen molar-refractivity contribution in [1.82, 2.24) is 0 Å². The molecule has 0 aromatic heterocycles. The van der Waals surface area contributed by atoms with E-state index in [-0.39, 0.29) is 11.3 Å². The average Bonchev–Trinajstić information content (AvgIpc) is 2.20. The van der Waals surface area contributed by atoms with E-state index in [0.717, 1.165) is 12.2 Å². The number of rotatable bonds is 3. The number of carbonyl (C=O) groups excluding carboxylic acids is 1. The van der Waals surface area contributed by atoms with Crippen LogP contribution < -0.4 is 10.5 Å². The Hall–Kier alpha value is -1.91. The topological polar surface area (TPSA) is 52.3 Å². The molecule has 0 aliphatic carbocycles. The molecule has 1 amide bonds. The molecule has 0 aliphatic heterocycles. The van der Waals surface area contributed by atoms with E-state index in [1.807, 2.05) is 0 Å². The van der Waals surface area contributed by atoms with Gasteiger partial charge in [0.05, 0.1) is 7.11 Å². The number of hydrogen-bond donors (Lipinski definition) is 1. The molecule has 1 aromatic rings. The van der Waals surface area contributed by atoms with Crippen LogP contribution in [0.3, 0.4) is 0 Å². The molecule has 0 spiro atoms. The Kier molecular flexibility index (Phi) is 3.38. The molecule has 0 aliphatic rings. The molecule has 15 heavy (non-hydrogen) atoms. The van der Waals surface area contributed by atoms with Crippen molar-refractivity contribution in [2.75, 3.05) is 7.11 Å². The van der Waals surface area contributed by atoms with E-state index in [1.54, 1.807) is 0 Å². The molecule has 0 radical (unpaired) electrons. The Morgan fingerprint density at radius 3 is 2.60 bits per heavy atom. The molecule has 0 atom stereocenters. The summed E-state index contributed by atoms with van der Waals surface area (Å²) in [5.41, 5.74) is 4.75. The lowest BCUT2D eigenvalue weighted by molar-refractivity contribution is -0.113. The predicted molar refractivity (Wildman–Crippen MR) is 51.1 cm³/mol. The summed E-state index contributed by atoms with van der Waals surface area (Å²) in [6.45, 7) is 0. The summed E-state index contributed by atoms with van der Waals surface area (Å²) in [6, 6.07) is 2.55. The van der Waals surface area contributed by atoms with Crippen LogP contribution in [0.15, 0.2) is 18.2 Å². The Morgan fingerprint density at radius 2 is 2.07 bits per heavy atom. The maximum atomic E-state index is 13.2. The standard InChI is InChI=1S/C10H9F2NO2/c1-15-7-4-2-6(3-5-8(13)14)9(11)10(7)12/h2-5H,1H3,(H2,13,14)/b5-3+. The van der Waals surface area contributed by atoms with E-state index < -0.39 is 17.5 Å². The molecule has 2 N–H and O–H groups in total. The third kappa shape index (κ3) is 2.52. The van der Waals surface area contributed by atoms with Crippen LogP contribution in [-0.4, -0.2) is 13.0 Å². The van der Waals surface area contributed by atoms with E-state index in [4.69, 9.17) is 5.73 Å². The summed E-state index contributed by atoms with van der Waals surface area (Å²) < 4.78 is 31.0. The quantitative estimate of drug-likeness (QED) is 0.773. The SMILES string of the molecule is COc1ccc(/C=C/C(N)=O)c(F)c1F. The molecule has 0 heterocycles. The predicted octanol–water partition coefficient (Wildman–Crippen LogP) is 1.47. The number of hydrogen-bond acceptors (Lipinski definition) is 2. The maximum absolute atomic E-state index is 13.2. The summed E-state index contributed by atoms with van der Waals surface area (Å²) in [6.07, 6.45) is 2.05. The van der Waals surface area contributed by atoms with Gasteiger partial charge in [0.1, 0.15) is 0 Å². The molecule has 0 unspecified atom stereocenters. The van der Waals surface area contributed by atoms with Crippen molar-refractivity contribution in [3.05, 3.63) is 35.4 Å². The first-order chi connectivity index (χ1) is 7.06. The number of nitrogens with two attached hydrogens (primary N) is 1. The lowest BCUT2D eigenvalue weighted by atomic mass is 10.2. The fourth-order valence-corrected chi connectivity index (χ4v) is 1.00. The third-order valence-corrected chi connectivity index (χ3v) is 1.72. The highest BCUT2D eigenvalue weighted by Crippen LogP contribution is 2.22. The highest BCUT2D eigenvalue weighted by molar-refractivity contribution is 5.90. The molecule has 1 rings (SSSR count). The lowest BCUT2D eigenvalue weighted by Gasteiger charge is -2.03. The normalized spacial score (nSPS) is 10.6. The minimum atomic E-state index is -1.09. The van der Waals surface area contributed by atoms with Gasteiger partial charge in [-0.3, -0.25) is 4.79 Å². The monoisotopic (exact) mass is 213 g/mol. The van der Waals surface area contributed by atoms with Crippen LogP contribution >= 0.6 is 0 Å². The van der Waals surface area contributed by atoms with Gasteiger partial charge in [0, 0.05) is 11.6 Å². The van der Waals surface area contributed by atoms with Crippen LogP contribution in [0.1, 0.15) is 5.56 Å². The van der Waals surface area contributed by atoms with Crippen LogP contribution in [-0.2, 0) is 4.79 Å². The van der Waals surface area contributed by atoms with Gasteiger partial charge in [-0.05, 0) is 18.2 Å². The van der Waals surface area contributed by atoms with Crippen LogP contribution in [0.4, 0.5) is 8.78 Å². The van der Waals surface area contributed by atoms with Crippen molar-refractivity contribution in [3.63, 3.8) is 0 Å². The number of primary amides is 1. The first kappa shape index (κ1) is 11.2. The zero-order chi connectivity index (χ0) is 11.4. The summed E-state index contributed by atoms with van der Waals surface area (Å²) >= 11 is 0. The van der Waals surface area contributed by atoms with E-state index >= 15 is 0 Å². The van der Waals surface area contributed by atoms with E-state index in [0.29, 0.717) is 0 Å². The van der Waals surface area contributed by atoms with Gasteiger partial charge in [0.2, 0.25) is 11.7 Å². The number of amides is 1. The lowest BCUT2D eigenvalue weighted by Crippen LogP contribution is -2.05. The molecule has 80 valence electrons. The van der Waals surface area contributed by atoms with Gasteiger partial charge in [-0.1, -0.05) is 0 Å². The van der Waals surface area contributed by atoms with Crippen molar-refractivity contribution in [2.24, 2.45) is 5.73 Å². The number of methoxy groups -OCH3 is 1. The van der Waals surface area contributed by atoms with Crippen molar-refractivity contribution >= 4 is 12.0 Å². The third-order valence-electron chi connectivity index (χ3n) is 1.72. The molecular weight excluding hydrogens is 204 g/mol. The Balaban J connectivity index is 3.12. The number of carbonyl (C=O) groups is 1. The Morgan fingerprint density at radius 1 is 1.40 bits per heavy atom. The van der Waals surface area contributed by atoms with Gasteiger partial charge >= 0.3 is 0 Å². The van der Waals surface area contributed by atoms with Gasteiger partial charge in [-0.15, -0.1) is 0 Å². The van der Waals surface area contributed by atoms with Crippen LogP contribution in [0.2, 0.25) is 0 Å². The van der Waals surface area contributed by atoms with Gasteiger partial charge < -0.3 is 10.5 Å². The zero-order valence-electron chi connectivity index (χ0n) is 7.96. The van der Waals surface area contributed by atoms with E-state index in [2.05, 4.69) is 4.74 Å². The largest absolute Gasteiger partial charge is 0.494 e. The van der Waals surface area contributed by atoms with Gasteiger partial charge in [0.15, 0.2) is 11.6 Å². The fraction of sp³-hybridized carbons (Fsp3) is 0.100. The smallest absolute Gasteiger partial charge is 0.241 e. The van der Waals surface area contributed by atoms with Crippen LogP contribution in [0.25, 0.3) is 6.08 Å². The first-order valence-electron chi connectivity index (χ1n) is 4.05. The van der Waals surface area contributed by atoms with Crippen LogP contribution in [0, 0.1) is 11.6 Å². The van der Waals surface area contributed by atoms with Gasteiger partial charge in [-0.2, -0.15) is 4.39 Å². The van der Waals surface area contributed by atoms with Gasteiger partial charge in [-0.25, -0.2) is 4.39 Å².